The van der Waals surface area contributed by atoms with Gasteiger partial charge >= 0.3 is 0 Å². The molecule has 0 spiro atoms. The molecule has 0 aromatic heterocycles. The van der Waals surface area contributed by atoms with Crippen LogP contribution in [0.15, 0.2) is 34.4 Å². The Hall–Kier alpha value is -1.48. The molecule has 1 N–H and O–H groups in total. The molecule has 0 fully saturated rings. The fourth-order valence-corrected chi connectivity index (χ4v) is 3.96. The Kier molecular flexibility index (Phi) is 2.39. The zero-order valence-corrected chi connectivity index (χ0v) is 10.9. The molecule has 3 heteroatoms. The first-order valence-corrected chi connectivity index (χ1v) is 7.22. The average molecular weight is 255 g/mol. The van der Waals surface area contributed by atoms with Gasteiger partial charge in [-0.05, 0) is 38.8 Å². The van der Waals surface area contributed by atoms with Crippen LogP contribution in [0.2, 0.25) is 0 Å². The summed E-state index contributed by atoms with van der Waals surface area (Å²) in [5, 5.41) is 3.28. The maximum absolute atomic E-state index is 12.8. The first-order chi connectivity index (χ1) is 9.27. The van der Waals surface area contributed by atoms with Crippen LogP contribution >= 0.6 is 0 Å². The molecule has 2 unspecified atom stereocenters. The van der Waals surface area contributed by atoms with Crippen molar-refractivity contribution in [1.29, 1.82) is 0 Å². The Morgan fingerprint density at radius 1 is 0.842 bits per heavy atom. The average Bonchev–Trinajstić information content (AvgIpc) is 2.71. The SMILES string of the molecule is O=C1C2=C(CCNCC2)C(=O)C2=C1C1C=CC2CC1. The van der Waals surface area contributed by atoms with E-state index in [4.69, 9.17) is 0 Å². The zero-order valence-electron chi connectivity index (χ0n) is 10.9. The van der Waals surface area contributed by atoms with Crippen molar-refractivity contribution in [3.63, 3.8) is 0 Å². The van der Waals surface area contributed by atoms with Gasteiger partial charge in [-0.25, -0.2) is 0 Å². The van der Waals surface area contributed by atoms with Crippen molar-refractivity contribution in [3.8, 4) is 0 Å². The van der Waals surface area contributed by atoms with Gasteiger partial charge in [0.15, 0.2) is 11.6 Å². The van der Waals surface area contributed by atoms with Gasteiger partial charge in [-0.2, -0.15) is 0 Å². The second-order valence-corrected chi connectivity index (χ2v) is 5.87. The van der Waals surface area contributed by atoms with Crippen LogP contribution < -0.4 is 5.32 Å². The highest BCUT2D eigenvalue weighted by Crippen LogP contribution is 2.46. The Balaban J connectivity index is 1.85. The molecule has 5 rings (SSSR count). The Morgan fingerprint density at radius 2 is 1.32 bits per heavy atom. The molecule has 2 bridgehead atoms. The summed E-state index contributed by atoms with van der Waals surface area (Å²) in [6.07, 6.45) is 7.74. The summed E-state index contributed by atoms with van der Waals surface area (Å²) in [5.74, 6) is 0.739. The third-order valence-corrected chi connectivity index (χ3v) is 4.90. The van der Waals surface area contributed by atoms with E-state index in [1.165, 1.54) is 0 Å². The summed E-state index contributed by atoms with van der Waals surface area (Å²) < 4.78 is 0. The number of hydrogen-bond donors (Lipinski definition) is 1. The molecule has 0 saturated carbocycles. The molecule has 4 aliphatic carbocycles. The van der Waals surface area contributed by atoms with Gasteiger partial charge in [-0.15, -0.1) is 0 Å². The maximum Gasteiger partial charge on any atom is 0.186 e. The van der Waals surface area contributed by atoms with E-state index in [9.17, 15) is 9.59 Å². The lowest BCUT2D eigenvalue weighted by atomic mass is 9.64. The van der Waals surface area contributed by atoms with Crippen LogP contribution in [0.3, 0.4) is 0 Å². The summed E-state index contributed by atoms with van der Waals surface area (Å²) in [7, 11) is 0. The fourth-order valence-electron chi connectivity index (χ4n) is 3.96. The molecular formula is C16H17NO2. The summed E-state index contributed by atoms with van der Waals surface area (Å²) >= 11 is 0. The summed E-state index contributed by atoms with van der Waals surface area (Å²) in [6.45, 7) is 1.62. The molecular weight excluding hydrogens is 238 g/mol. The van der Waals surface area contributed by atoms with Crippen molar-refractivity contribution in [2.45, 2.75) is 25.7 Å². The highest BCUT2D eigenvalue weighted by Gasteiger charge is 2.43. The van der Waals surface area contributed by atoms with Gasteiger partial charge in [0.05, 0.1) is 0 Å². The molecule has 1 aliphatic heterocycles. The number of allylic oxidation sites excluding steroid dienone is 4. The van der Waals surface area contributed by atoms with Crippen LogP contribution in [0.4, 0.5) is 0 Å². The van der Waals surface area contributed by atoms with Gasteiger partial charge in [-0.1, -0.05) is 12.2 Å². The third-order valence-electron chi connectivity index (χ3n) is 4.90. The quantitative estimate of drug-likeness (QED) is 0.529. The number of carbonyl (C=O) groups is 2. The Morgan fingerprint density at radius 3 is 1.74 bits per heavy atom. The van der Waals surface area contributed by atoms with Gasteiger partial charge in [0.2, 0.25) is 0 Å². The Labute approximate surface area is 112 Å². The van der Waals surface area contributed by atoms with E-state index in [0.717, 1.165) is 48.2 Å². The monoisotopic (exact) mass is 255 g/mol. The number of rotatable bonds is 0. The van der Waals surface area contributed by atoms with Crippen molar-refractivity contribution in [1.82, 2.24) is 5.32 Å². The van der Waals surface area contributed by atoms with Crippen LogP contribution in [0.25, 0.3) is 0 Å². The highest BCUT2D eigenvalue weighted by atomic mass is 16.1. The normalized spacial score (nSPS) is 33.5. The number of hydrogen-bond acceptors (Lipinski definition) is 3. The molecule has 3 nitrogen and oxygen atoms in total. The summed E-state index contributed by atoms with van der Waals surface area (Å²) in [4.78, 5) is 25.5. The van der Waals surface area contributed by atoms with Crippen LogP contribution in [-0.4, -0.2) is 24.7 Å². The highest BCUT2D eigenvalue weighted by molar-refractivity contribution is 6.26. The van der Waals surface area contributed by atoms with E-state index >= 15 is 0 Å². The molecule has 1 heterocycles. The largest absolute Gasteiger partial charge is 0.316 e. The van der Waals surface area contributed by atoms with Crippen molar-refractivity contribution >= 4 is 11.6 Å². The predicted molar refractivity (Wildman–Crippen MR) is 71.5 cm³/mol. The molecule has 0 radical (unpaired) electrons. The standard InChI is InChI=1S/C16H17NO2/c18-15-11-5-7-17-8-6-12(11)16(19)14-10-2-1-9(3-4-10)13(14)15/h1-2,9-10,17H,3-8H2. The fraction of sp³-hybridized carbons (Fsp3) is 0.500. The molecule has 5 aliphatic rings. The summed E-state index contributed by atoms with van der Waals surface area (Å²) in [5.41, 5.74) is 3.28. The first kappa shape index (κ1) is 11.4. The van der Waals surface area contributed by atoms with Gasteiger partial charge in [0.25, 0.3) is 0 Å². The molecule has 0 saturated heterocycles. The molecule has 19 heavy (non-hydrogen) atoms. The minimum absolute atomic E-state index is 0.173. The van der Waals surface area contributed by atoms with Gasteiger partial charge in [0, 0.05) is 34.1 Å². The van der Waals surface area contributed by atoms with Crippen molar-refractivity contribution in [3.05, 3.63) is 34.4 Å². The van der Waals surface area contributed by atoms with Gasteiger partial charge < -0.3 is 5.32 Å². The molecule has 98 valence electrons. The minimum Gasteiger partial charge on any atom is -0.316 e. The van der Waals surface area contributed by atoms with Gasteiger partial charge in [-0.3, -0.25) is 9.59 Å². The van der Waals surface area contributed by atoms with Crippen LogP contribution in [0.5, 0.6) is 0 Å². The van der Waals surface area contributed by atoms with Gasteiger partial charge in [0.1, 0.15) is 0 Å². The number of nitrogens with one attached hydrogen (secondary N) is 1. The molecule has 2 atom stereocenters. The number of ketones is 2. The lowest BCUT2D eigenvalue weighted by Crippen LogP contribution is -2.35. The maximum atomic E-state index is 12.8. The van der Waals surface area contributed by atoms with E-state index in [-0.39, 0.29) is 23.4 Å². The summed E-state index contributed by atoms with van der Waals surface area (Å²) in [6, 6.07) is 0. The lowest BCUT2D eigenvalue weighted by molar-refractivity contribution is -0.117. The molecule has 0 aromatic rings. The minimum atomic E-state index is 0.173. The lowest BCUT2D eigenvalue weighted by Gasteiger charge is -2.37. The molecule has 0 aromatic carbocycles. The number of fused-ring (bicyclic) bond motifs is 1. The smallest absolute Gasteiger partial charge is 0.186 e. The van der Waals surface area contributed by atoms with Crippen molar-refractivity contribution in [2.75, 3.05) is 13.1 Å². The Bertz CT molecular complexity index is 532. The van der Waals surface area contributed by atoms with Crippen LogP contribution in [-0.2, 0) is 9.59 Å². The first-order valence-electron chi connectivity index (χ1n) is 7.22. The number of Topliss-reactive ketones (excluding diaryl/α,β-unsaturated/α-hetero) is 2. The van der Waals surface area contributed by atoms with E-state index in [1.54, 1.807) is 0 Å². The van der Waals surface area contributed by atoms with Crippen LogP contribution in [0.1, 0.15) is 25.7 Å². The van der Waals surface area contributed by atoms with E-state index in [1.807, 2.05) is 0 Å². The van der Waals surface area contributed by atoms with Crippen LogP contribution in [0, 0.1) is 11.8 Å². The van der Waals surface area contributed by atoms with Crippen molar-refractivity contribution in [2.24, 2.45) is 11.8 Å². The zero-order chi connectivity index (χ0) is 13.0. The third kappa shape index (κ3) is 1.48. The topological polar surface area (TPSA) is 46.2 Å². The van der Waals surface area contributed by atoms with E-state index < -0.39 is 0 Å². The second kappa shape index (κ2) is 4.01. The predicted octanol–water partition coefficient (Wildman–Crippen LogP) is 1.71. The van der Waals surface area contributed by atoms with E-state index in [2.05, 4.69) is 17.5 Å². The molecule has 0 amide bonds. The van der Waals surface area contributed by atoms with Crippen molar-refractivity contribution < 1.29 is 9.59 Å². The number of carbonyl (C=O) groups excluding carboxylic acids is 2. The van der Waals surface area contributed by atoms with E-state index in [0.29, 0.717) is 12.8 Å². The second-order valence-electron chi connectivity index (χ2n) is 5.87.